The fraction of sp³-hybridized carbons (Fsp3) is 0.458. The Kier molecular flexibility index (Phi) is 7.25. The maximum absolute atomic E-state index is 12.7. The van der Waals surface area contributed by atoms with Crippen LogP contribution in [-0.2, 0) is 25.7 Å². The lowest BCUT2D eigenvalue weighted by atomic mass is 10.0. The van der Waals surface area contributed by atoms with E-state index < -0.39 is 36.2 Å². The second-order valence-electron chi connectivity index (χ2n) is 9.12. The third-order valence-corrected chi connectivity index (χ3v) is 5.24. The molecule has 180 valence electrons. The third kappa shape index (κ3) is 6.13. The largest absolute Gasteiger partial charge is 0.480 e. The van der Waals surface area contributed by atoms with Crippen LogP contribution in [0, 0.1) is 11.8 Å². The van der Waals surface area contributed by atoms with Crippen molar-refractivity contribution in [2.75, 3.05) is 13.1 Å². The molecule has 0 bridgehead atoms. The zero-order valence-corrected chi connectivity index (χ0v) is 19.3. The summed E-state index contributed by atoms with van der Waals surface area (Å²) in [5.41, 5.74) is 1.14. The van der Waals surface area contributed by atoms with Gasteiger partial charge in [0.1, 0.15) is 18.2 Å². The van der Waals surface area contributed by atoms with E-state index in [1.807, 2.05) is 0 Å². The number of rotatable bonds is 5. The highest BCUT2D eigenvalue weighted by Gasteiger charge is 2.39. The van der Waals surface area contributed by atoms with Crippen molar-refractivity contribution in [1.82, 2.24) is 15.1 Å². The Labute approximate surface area is 197 Å². The molecule has 2 heterocycles. The van der Waals surface area contributed by atoms with Gasteiger partial charge in [-0.1, -0.05) is 11.8 Å². The van der Waals surface area contributed by atoms with Crippen molar-refractivity contribution in [1.29, 1.82) is 0 Å². The number of hydrogen-bond donors (Lipinski definition) is 2. The van der Waals surface area contributed by atoms with Crippen LogP contribution in [0.4, 0.5) is 4.79 Å². The SMILES string of the molecule is CC(C)(C)OC(=O)N(CCC#Cc1ccc2c(c1)CN(C1CCC(=O)NC1=O)C2=O)CC(=O)O. The topological polar surface area (TPSA) is 133 Å². The predicted molar refractivity (Wildman–Crippen MR) is 119 cm³/mol. The molecule has 1 aromatic rings. The van der Waals surface area contributed by atoms with Gasteiger partial charge < -0.3 is 14.7 Å². The van der Waals surface area contributed by atoms with Gasteiger partial charge in [0, 0.05) is 37.1 Å². The zero-order valence-electron chi connectivity index (χ0n) is 19.3. The van der Waals surface area contributed by atoms with Crippen LogP contribution in [0.2, 0.25) is 0 Å². The van der Waals surface area contributed by atoms with E-state index in [1.54, 1.807) is 39.0 Å². The van der Waals surface area contributed by atoms with E-state index in [1.165, 1.54) is 4.90 Å². The molecule has 2 N–H and O–H groups in total. The summed E-state index contributed by atoms with van der Waals surface area (Å²) in [4.78, 5) is 62.2. The number of amides is 4. The molecule has 1 saturated heterocycles. The molecular formula is C24H27N3O7. The van der Waals surface area contributed by atoms with Gasteiger partial charge in [-0.15, -0.1) is 0 Å². The zero-order chi connectivity index (χ0) is 25.0. The van der Waals surface area contributed by atoms with Gasteiger partial charge in [-0.25, -0.2) is 4.79 Å². The Bertz CT molecular complexity index is 1090. The van der Waals surface area contributed by atoms with Gasteiger partial charge in [0.25, 0.3) is 5.91 Å². The van der Waals surface area contributed by atoms with Crippen LogP contribution in [0.3, 0.4) is 0 Å². The van der Waals surface area contributed by atoms with Crippen LogP contribution < -0.4 is 5.32 Å². The van der Waals surface area contributed by atoms with E-state index in [4.69, 9.17) is 9.84 Å². The lowest BCUT2D eigenvalue weighted by Crippen LogP contribution is -2.52. The average molecular weight is 469 g/mol. The predicted octanol–water partition coefficient (Wildman–Crippen LogP) is 1.51. The van der Waals surface area contributed by atoms with Crippen molar-refractivity contribution in [3.05, 3.63) is 34.9 Å². The summed E-state index contributed by atoms with van der Waals surface area (Å²) in [6.07, 6.45) is -0.0108. The number of fused-ring (bicyclic) bond motifs is 1. The van der Waals surface area contributed by atoms with Crippen LogP contribution in [0.1, 0.15) is 61.5 Å². The highest BCUT2D eigenvalue weighted by Crippen LogP contribution is 2.28. The second-order valence-corrected chi connectivity index (χ2v) is 9.12. The summed E-state index contributed by atoms with van der Waals surface area (Å²) >= 11 is 0. The number of imide groups is 1. The molecule has 0 radical (unpaired) electrons. The fourth-order valence-corrected chi connectivity index (χ4v) is 3.73. The standard InChI is InChI=1S/C24H27N3O7/c1-24(2,3)34-23(33)26(14-20(29)30)11-5-4-6-15-7-8-17-16(12-15)13-27(22(17)32)18-9-10-19(28)25-21(18)31/h7-8,12,18H,5,9-11,13-14H2,1-3H3,(H,29,30)(H,25,28,31). The van der Waals surface area contributed by atoms with E-state index in [2.05, 4.69) is 17.2 Å². The fourth-order valence-electron chi connectivity index (χ4n) is 3.73. The first-order valence-corrected chi connectivity index (χ1v) is 10.9. The quantitative estimate of drug-likeness (QED) is 0.493. The Balaban J connectivity index is 1.64. The van der Waals surface area contributed by atoms with Gasteiger partial charge in [-0.05, 0) is 51.0 Å². The minimum Gasteiger partial charge on any atom is -0.480 e. The van der Waals surface area contributed by atoms with Crippen LogP contribution in [-0.4, -0.2) is 69.4 Å². The Morgan fingerprint density at radius 3 is 2.65 bits per heavy atom. The van der Waals surface area contributed by atoms with Gasteiger partial charge in [-0.2, -0.15) is 0 Å². The number of hydrogen-bond acceptors (Lipinski definition) is 6. The summed E-state index contributed by atoms with van der Waals surface area (Å²) in [5, 5.41) is 11.3. The summed E-state index contributed by atoms with van der Waals surface area (Å²) in [6.45, 7) is 4.94. The molecule has 1 unspecified atom stereocenters. The first-order chi connectivity index (χ1) is 15.9. The first kappa shape index (κ1) is 24.8. The molecule has 2 aliphatic heterocycles. The van der Waals surface area contributed by atoms with E-state index >= 15 is 0 Å². The normalized spacial score (nSPS) is 17.4. The minimum absolute atomic E-state index is 0.0843. The minimum atomic E-state index is -1.15. The molecule has 3 rings (SSSR count). The lowest BCUT2D eigenvalue weighted by Gasteiger charge is -2.29. The highest BCUT2D eigenvalue weighted by molar-refractivity contribution is 6.05. The molecule has 2 aliphatic rings. The van der Waals surface area contributed by atoms with E-state index in [-0.39, 0.29) is 37.7 Å². The highest BCUT2D eigenvalue weighted by atomic mass is 16.6. The molecule has 4 amide bonds. The molecule has 1 aromatic carbocycles. The van der Waals surface area contributed by atoms with Crippen molar-refractivity contribution in [2.45, 2.75) is 58.2 Å². The van der Waals surface area contributed by atoms with E-state index in [0.29, 0.717) is 17.5 Å². The van der Waals surface area contributed by atoms with Gasteiger partial charge in [0.15, 0.2) is 0 Å². The Morgan fingerprint density at radius 1 is 1.26 bits per heavy atom. The number of carbonyl (C=O) groups is 5. The molecular weight excluding hydrogens is 442 g/mol. The molecule has 1 fully saturated rings. The molecule has 0 aromatic heterocycles. The molecule has 10 heteroatoms. The molecule has 1 atom stereocenters. The average Bonchev–Trinajstić information content (AvgIpc) is 3.04. The number of benzene rings is 1. The smallest absolute Gasteiger partial charge is 0.410 e. The summed E-state index contributed by atoms with van der Waals surface area (Å²) in [7, 11) is 0. The number of ether oxygens (including phenoxy) is 1. The molecule has 10 nitrogen and oxygen atoms in total. The number of aliphatic carboxylic acids is 1. The molecule has 0 saturated carbocycles. The number of nitrogens with one attached hydrogen (secondary N) is 1. The molecule has 0 aliphatic carbocycles. The maximum atomic E-state index is 12.7. The van der Waals surface area contributed by atoms with Crippen LogP contribution in [0.5, 0.6) is 0 Å². The lowest BCUT2D eigenvalue weighted by molar-refractivity contribution is -0.138. The van der Waals surface area contributed by atoms with Crippen molar-refractivity contribution in [3.8, 4) is 11.8 Å². The van der Waals surface area contributed by atoms with Crippen molar-refractivity contribution in [2.24, 2.45) is 0 Å². The number of carboxylic acid groups (broad SMARTS) is 1. The maximum Gasteiger partial charge on any atom is 0.410 e. The number of piperidine rings is 1. The third-order valence-electron chi connectivity index (χ3n) is 5.24. The van der Waals surface area contributed by atoms with Gasteiger partial charge in [0.05, 0.1) is 0 Å². The summed E-state index contributed by atoms with van der Waals surface area (Å²) < 4.78 is 5.24. The summed E-state index contributed by atoms with van der Waals surface area (Å²) in [6, 6.07) is 4.45. The van der Waals surface area contributed by atoms with Crippen LogP contribution >= 0.6 is 0 Å². The Morgan fingerprint density at radius 2 is 2.00 bits per heavy atom. The summed E-state index contributed by atoms with van der Waals surface area (Å²) in [5.74, 6) is 3.67. The van der Waals surface area contributed by atoms with Gasteiger partial charge in [0.2, 0.25) is 11.8 Å². The number of carboxylic acids is 1. The molecule has 0 spiro atoms. The van der Waals surface area contributed by atoms with Crippen LogP contribution in [0.15, 0.2) is 18.2 Å². The van der Waals surface area contributed by atoms with Crippen molar-refractivity contribution >= 4 is 29.8 Å². The van der Waals surface area contributed by atoms with Gasteiger partial charge >= 0.3 is 12.1 Å². The monoisotopic (exact) mass is 469 g/mol. The van der Waals surface area contributed by atoms with Crippen molar-refractivity contribution < 1.29 is 33.8 Å². The first-order valence-electron chi connectivity index (χ1n) is 10.9. The van der Waals surface area contributed by atoms with Crippen LogP contribution in [0.25, 0.3) is 0 Å². The van der Waals surface area contributed by atoms with Gasteiger partial charge in [-0.3, -0.25) is 29.4 Å². The molecule has 34 heavy (non-hydrogen) atoms. The second kappa shape index (κ2) is 9.95. The number of carbonyl (C=O) groups excluding carboxylic acids is 4. The van der Waals surface area contributed by atoms with E-state index in [0.717, 1.165) is 10.5 Å². The number of nitrogens with zero attached hydrogens (tertiary/aromatic N) is 2. The van der Waals surface area contributed by atoms with E-state index in [9.17, 15) is 24.0 Å². The Hall–Kier alpha value is -3.87. The van der Waals surface area contributed by atoms with Crippen molar-refractivity contribution in [3.63, 3.8) is 0 Å².